The number of carbonyl (C=O) groups is 1. The predicted octanol–water partition coefficient (Wildman–Crippen LogP) is 4.66. The highest BCUT2D eigenvalue weighted by atomic mass is 79.9. The first-order valence-electron chi connectivity index (χ1n) is 5.86. The molecule has 0 saturated carbocycles. The van der Waals surface area contributed by atoms with Crippen LogP contribution in [0.15, 0.2) is 45.3 Å². The van der Waals surface area contributed by atoms with Crippen molar-refractivity contribution >= 4 is 43.8 Å². The topological polar surface area (TPSA) is 51.2 Å². The quantitative estimate of drug-likeness (QED) is 0.816. The SMILES string of the molecule is Cc1nc(NC(=O)OCc2ccccc2)c(Br)cc1Br. The molecule has 0 aliphatic carbocycles. The maximum absolute atomic E-state index is 11.7. The van der Waals surface area contributed by atoms with Gasteiger partial charge in [-0.3, -0.25) is 5.32 Å². The van der Waals surface area contributed by atoms with Crippen LogP contribution in [-0.2, 0) is 11.3 Å². The average Bonchev–Trinajstić information content (AvgIpc) is 2.44. The van der Waals surface area contributed by atoms with E-state index in [1.807, 2.05) is 43.3 Å². The van der Waals surface area contributed by atoms with E-state index in [4.69, 9.17) is 4.74 Å². The molecule has 0 bridgehead atoms. The van der Waals surface area contributed by atoms with Crippen molar-refractivity contribution in [2.45, 2.75) is 13.5 Å². The number of hydrogen-bond acceptors (Lipinski definition) is 3. The van der Waals surface area contributed by atoms with Gasteiger partial charge in [-0.15, -0.1) is 0 Å². The van der Waals surface area contributed by atoms with Gasteiger partial charge in [0, 0.05) is 4.47 Å². The molecule has 6 heteroatoms. The third-order valence-corrected chi connectivity index (χ3v) is 3.95. The molecule has 0 saturated heterocycles. The van der Waals surface area contributed by atoms with Gasteiger partial charge in [0.25, 0.3) is 0 Å². The number of pyridine rings is 1. The molecular weight excluding hydrogens is 388 g/mol. The highest BCUT2D eigenvalue weighted by molar-refractivity contribution is 9.11. The summed E-state index contributed by atoms with van der Waals surface area (Å²) in [7, 11) is 0. The number of halogens is 2. The standard InChI is InChI=1S/C14H12Br2N2O2/c1-9-11(15)7-12(16)13(17-9)18-14(19)20-8-10-5-3-2-4-6-10/h2-7H,8H2,1H3,(H,17,18,19). The van der Waals surface area contributed by atoms with Crippen LogP contribution in [0.4, 0.5) is 10.6 Å². The number of aryl methyl sites for hydroxylation is 1. The van der Waals surface area contributed by atoms with Gasteiger partial charge >= 0.3 is 6.09 Å². The van der Waals surface area contributed by atoms with E-state index in [0.29, 0.717) is 10.3 Å². The molecule has 0 fully saturated rings. The predicted molar refractivity (Wildman–Crippen MR) is 84.6 cm³/mol. The molecule has 1 aromatic carbocycles. The second-order valence-corrected chi connectivity index (χ2v) is 5.78. The number of carbonyl (C=O) groups excluding carboxylic acids is 1. The van der Waals surface area contributed by atoms with Crippen LogP contribution in [0.25, 0.3) is 0 Å². The molecule has 4 nitrogen and oxygen atoms in total. The lowest BCUT2D eigenvalue weighted by Crippen LogP contribution is -2.15. The van der Waals surface area contributed by atoms with Crippen LogP contribution in [-0.4, -0.2) is 11.1 Å². The lowest BCUT2D eigenvalue weighted by atomic mass is 10.2. The van der Waals surface area contributed by atoms with Crippen molar-refractivity contribution in [2.24, 2.45) is 0 Å². The number of hydrogen-bond donors (Lipinski definition) is 1. The van der Waals surface area contributed by atoms with E-state index in [2.05, 4.69) is 42.2 Å². The van der Waals surface area contributed by atoms with Crippen LogP contribution in [0.1, 0.15) is 11.3 Å². The number of amides is 1. The summed E-state index contributed by atoms with van der Waals surface area (Å²) in [5.41, 5.74) is 1.72. The van der Waals surface area contributed by atoms with Crippen molar-refractivity contribution < 1.29 is 9.53 Å². The Morgan fingerprint density at radius 3 is 2.65 bits per heavy atom. The van der Waals surface area contributed by atoms with Crippen molar-refractivity contribution in [3.8, 4) is 0 Å². The minimum Gasteiger partial charge on any atom is -0.444 e. The fourth-order valence-corrected chi connectivity index (χ4v) is 2.54. The van der Waals surface area contributed by atoms with Crippen LogP contribution in [0, 0.1) is 6.92 Å². The van der Waals surface area contributed by atoms with Crippen LogP contribution < -0.4 is 5.32 Å². The normalized spacial score (nSPS) is 10.2. The molecule has 20 heavy (non-hydrogen) atoms. The van der Waals surface area contributed by atoms with E-state index in [0.717, 1.165) is 15.7 Å². The zero-order chi connectivity index (χ0) is 14.5. The van der Waals surface area contributed by atoms with E-state index < -0.39 is 6.09 Å². The Balaban J connectivity index is 1.97. The molecule has 0 aliphatic heterocycles. The molecule has 0 unspecified atom stereocenters. The minimum absolute atomic E-state index is 0.222. The fourth-order valence-electron chi connectivity index (χ4n) is 1.50. The van der Waals surface area contributed by atoms with Gasteiger partial charge in [0.2, 0.25) is 0 Å². The summed E-state index contributed by atoms with van der Waals surface area (Å²) in [6.45, 7) is 2.07. The van der Waals surface area contributed by atoms with Gasteiger partial charge in [-0.25, -0.2) is 9.78 Å². The molecular formula is C14H12Br2N2O2. The molecule has 104 valence electrons. The van der Waals surface area contributed by atoms with Crippen molar-refractivity contribution in [1.29, 1.82) is 0 Å². The van der Waals surface area contributed by atoms with Gasteiger partial charge in [0.05, 0.1) is 10.2 Å². The summed E-state index contributed by atoms with van der Waals surface area (Å²) in [4.78, 5) is 16.0. The summed E-state index contributed by atoms with van der Waals surface area (Å²) in [5, 5.41) is 2.61. The molecule has 2 rings (SSSR count). The Labute approximate surface area is 133 Å². The van der Waals surface area contributed by atoms with Crippen molar-refractivity contribution in [2.75, 3.05) is 5.32 Å². The Morgan fingerprint density at radius 1 is 1.25 bits per heavy atom. The largest absolute Gasteiger partial charge is 0.444 e. The number of nitrogens with zero attached hydrogens (tertiary/aromatic N) is 1. The van der Waals surface area contributed by atoms with Gasteiger partial charge < -0.3 is 4.74 Å². The minimum atomic E-state index is -0.538. The Morgan fingerprint density at radius 2 is 1.95 bits per heavy atom. The zero-order valence-electron chi connectivity index (χ0n) is 10.7. The molecule has 1 amide bonds. The van der Waals surface area contributed by atoms with Gasteiger partial charge in [-0.2, -0.15) is 0 Å². The van der Waals surface area contributed by atoms with Crippen LogP contribution >= 0.6 is 31.9 Å². The first kappa shape index (κ1) is 15.0. The van der Waals surface area contributed by atoms with Crippen molar-refractivity contribution in [3.63, 3.8) is 0 Å². The Kier molecular flexibility index (Phi) is 5.14. The number of rotatable bonds is 3. The van der Waals surface area contributed by atoms with Crippen LogP contribution in [0.2, 0.25) is 0 Å². The van der Waals surface area contributed by atoms with E-state index in [1.165, 1.54) is 0 Å². The van der Waals surface area contributed by atoms with Crippen molar-refractivity contribution in [3.05, 3.63) is 56.6 Å². The third-order valence-electron chi connectivity index (χ3n) is 2.54. The lowest BCUT2D eigenvalue weighted by molar-refractivity contribution is 0.155. The second kappa shape index (κ2) is 6.85. The average molecular weight is 400 g/mol. The summed E-state index contributed by atoms with van der Waals surface area (Å²) in [6.07, 6.45) is -0.538. The summed E-state index contributed by atoms with van der Waals surface area (Å²) >= 11 is 6.71. The molecule has 0 aliphatic rings. The number of ether oxygens (including phenoxy) is 1. The molecule has 1 aromatic heterocycles. The fraction of sp³-hybridized carbons (Fsp3) is 0.143. The third kappa shape index (κ3) is 4.05. The second-order valence-electron chi connectivity index (χ2n) is 4.07. The number of anilines is 1. The van der Waals surface area contributed by atoms with Crippen LogP contribution in [0.5, 0.6) is 0 Å². The van der Waals surface area contributed by atoms with Crippen molar-refractivity contribution in [1.82, 2.24) is 4.98 Å². The van der Waals surface area contributed by atoms with E-state index in [-0.39, 0.29) is 6.61 Å². The Bertz CT molecular complexity index is 618. The van der Waals surface area contributed by atoms with Gasteiger partial charge in [-0.1, -0.05) is 30.3 Å². The molecule has 1 heterocycles. The molecule has 0 atom stereocenters. The molecule has 2 aromatic rings. The van der Waals surface area contributed by atoms with Gasteiger partial charge in [0.1, 0.15) is 12.4 Å². The molecule has 0 radical (unpaired) electrons. The molecule has 0 spiro atoms. The van der Waals surface area contributed by atoms with E-state index in [9.17, 15) is 4.79 Å². The lowest BCUT2D eigenvalue weighted by Gasteiger charge is -2.09. The summed E-state index contributed by atoms with van der Waals surface area (Å²) in [6, 6.07) is 11.3. The number of nitrogens with one attached hydrogen (secondary N) is 1. The maximum atomic E-state index is 11.7. The smallest absolute Gasteiger partial charge is 0.413 e. The highest BCUT2D eigenvalue weighted by Crippen LogP contribution is 2.26. The number of aromatic nitrogens is 1. The van der Waals surface area contributed by atoms with Gasteiger partial charge in [0.15, 0.2) is 0 Å². The first-order valence-corrected chi connectivity index (χ1v) is 7.45. The number of benzene rings is 1. The summed E-state index contributed by atoms with van der Waals surface area (Å²) < 4.78 is 6.69. The highest BCUT2D eigenvalue weighted by Gasteiger charge is 2.10. The zero-order valence-corrected chi connectivity index (χ0v) is 13.9. The van der Waals surface area contributed by atoms with E-state index in [1.54, 1.807) is 0 Å². The monoisotopic (exact) mass is 398 g/mol. The maximum Gasteiger partial charge on any atom is 0.413 e. The summed E-state index contributed by atoms with van der Waals surface area (Å²) in [5.74, 6) is 0.434. The van der Waals surface area contributed by atoms with E-state index >= 15 is 0 Å². The van der Waals surface area contributed by atoms with Crippen LogP contribution in [0.3, 0.4) is 0 Å². The molecule has 1 N–H and O–H groups in total. The van der Waals surface area contributed by atoms with Gasteiger partial charge in [-0.05, 0) is 50.4 Å². The first-order chi connectivity index (χ1) is 9.56. The Hall–Kier alpha value is -1.40.